The van der Waals surface area contributed by atoms with E-state index in [1.54, 1.807) is 24.8 Å². The van der Waals surface area contributed by atoms with Gasteiger partial charge in [-0.25, -0.2) is 9.97 Å². The van der Waals surface area contributed by atoms with E-state index in [0.717, 1.165) is 39.5 Å². The van der Waals surface area contributed by atoms with Crippen LogP contribution in [0.25, 0.3) is 21.3 Å². The average molecular weight is 361 g/mol. The van der Waals surface area contributed by atoms with Crippen LogP contribution in [-0.4, -0.2) is 17.1 Å². The summed E-state index contributed by atoms with van der Waals surface area (Å²) in [6.45, 7) is 2.17. The van der Waals surface area contributed by atoms with E-state index in [4.69, 9.17) is 4.74 Å². The van der Waals surface area contributed by atoms with Crippen molar-refractivity contribution in [2.75, 3.05) is 12.4 Å². The second kappa shape index (κ2) is 7.14. The van der Waals surface area contributed by atoms with Crippen LogP contribution in [0.2, 0.25) is 0 Å². The lowest BCUT2D eigenvalue weighted by Gasteiger charge is -2.09. The summed E-state index contributed by atoms with van der Waals surface area (Å²) in [7, 11) is 1.66. The van der Waals surface area contributed by atoms with Gasteiger partial charge in [0.15, 0.2) is 0 Å². The smallest absolute Gasteiger partial charge is 0.143 e. The Kier molecular flexibility index (Phi) is 4.54. The predicted molar refractivity (Wildman–Crippen MR) is 109 cm³/mol. The third-order valence-corrected chi connectivity index (χ3v) is 5.28. The molecule has 0 radical (unpaired) electrons. The first-order valence-corrected chi connectivity index (χ1v) is 9.39. The molecule has 130 valence electrons. The normalized spacial score (nSPS) is 10.8. The minimum absolute atomic E-state index is 0.816. The van der Waals surface area contributed by atoms with Crippen molar-refractivity contribution in [2.45, 2.75) is 13.3 Å². The molecule has 4 nitrogen and oxygen atoms in total. The zero-order valence-corrected chi connectivity index (χ0v) is 15.5. The molecule has 2 aromatic carbocycles. The predicted octanol–water partition coefficient (Wildman–Crippen LogP) is 5.67. The fourth-order valence-corrected chi connectivity index (χ4v) is 3.83. The molecule has 2 aromatic heterocycles. The summed E-state index contributed by atoms with van der Waals surface area (Å²) in [6.07, 6.45) is 2.65. The summed E-state index contributed by atoms with van der Waals surface area (Å²) in [5.74, 6) is 1.65. The van der Waals surface area contributed by atoms with Crippen molar-refractivity contribution in [3.05, 3.63) is 65.8 Å². The Hall–Kier alpha value is -2.92. The largest absolute Gasteiger partial charge is 0.497 e. The Labute approximate surface area is 156 Å². The van der Waals surface area contributed by atoms with Crippen LogP contribution in [0, 0.1) is 0 Å². The highest BCUT2D eigenvalue weighted by atomic mass is 32.1. The van der Waals surface area contributed by atoms with E-state index in [0.29, 0.717) is 0 Å². The first-order chi connectivity index (χ1) is 12.8. The van der Waals surface area contributed by atoms with Crippen LogP contribution in [0.5, 0.6) is 5.75 Å². The fourth-order valence-electron chi connectivity index (χ4n) is 2.91. The van der Waals surface area contributed by atoms with Gasteiger partial charge in [-0.2, -0.15) is 0 Å². The average Bonchev–Trinajstić information content (AvgIpc) is 3.14. The van der Waals surface area contributed by atoms with Gasteiger partial charge >= 0.3 is 0 Å². The number of aromatic nitrogens is 2. The molecule has 1 N–H and O–H groups in total. The number of hydrogen-bond donors (Lipinski definition) is 1. The number of rotatable bonds is 5. The Morgan fingerprint density at radius 2 is 1.77 bits per heavy atom. The lowest BCUT2D eigenvalue weighted by Crippen LogP contribution is -1.95. The maximum Gasteiger partial charge on any atom is 0.143 e. The number of ether oxygens (including phenoxy) is 1. The third-order valence-electron chi connectivity index (χ3n) is 4.40. The number of nitrogens with zero attached hydrogens (tertiary/aromatic N) is 2. The molecule has 4 rings (SSSR count). The van der Waals surface area contributed by atoms with E-state index in [2.05, 4.69) is 51.9 Å². The summed E-state index contributed by atoms with van der Waals surface area (Å²) < 4.78 is 5.22. The van der Waals surface area contributed by atoms with Crippen LogP contribution in [0.3, 0.4) is 0 Å². The molecule has 26 heavy (non-hydrogen) atoms. The molecular weight excluding hydrogens is 342 g/mol. The van der Waals surface area contributed by atoms with E-state index in [1.807, 2.05) is 24.3 Å². The summed E-state index contributed by atoms with van der Waals surface area (Å²) in [4.78, 5) is 9.91. The highest BCUT2D eigenvalue weighted by molar-refractivity contribution is 7.17. The maximum atomic E-state index is 5.22. The van der Waals surface area contributed by atoms with Crippen LogP contribution < -0.4 is 10.1 Å². The molecule has 2 heterocycles. The minimum atomic E-state index is 0.816. The number of benzene rings is 2. The quantitative estimate of drug-likeness (QED) is 0.497. The molecule has 0 saturated carbocycles. The van der Waals surface area contributed by atoms with Gasteiger partial charge in [-0.05, 0) is 41.8 Å². The van der Waals surface area contributed by atoms with Crippen LogP contribution >= 0.6 is 11.3 Å². The summed E-state index contributed by atoms with van der Waals surface area (Å²) in [5, 5.41) is 6.62. The lowest BCUT2D eigenvalue weighted by molar-refractivity contribution is 0.415. The van der Waals surface area contributed by atoms with Crippen molar-refractivity contribution in [3.63, 3.8) is 0 Å². The van der Waals surface area contributed by atoms with E-state index in [-0.39, 0.29) is 0 Å². The number of aryl methyl sites for hydroxylation is 1. The van der Waals surface area contributed by atoms with E-state index in [9.17, 15) is 0 Å². The fraction of sp³-hybridized carbons (Fsp3) is 0.143. The number of nitrogens with one attached hydrogen (secondary N) is 1. The highest BCUT2D eigenvalue weighted by Gasteiger charge is 2.13. The number of fused-ring (bicyclic) bond motifs is 1. The van der Waals surface area contributed by atoms with Gasteiger partial charge in [0.05, 0.1) is 12.5 Å². The highest BCUT2D eigenvalue weighted by Crippen LogP contribution is 2.37. The molecule has 0 saturated heterocycles. The van der Waals surface area contributed by atoms with Gasteiger partial charge in [0.2, 0.25) is 0 Å². The number of hydrogen-bond acceptors (Lipinski definition) is 5. The third kappa shape index (κ3) is 3.13. The van der Waals surface area contributed by atoms with Crippen molar-refractivity contribution in [1.82, 2.24) is 9.97 Å². The zero-order chi connectivity index (χ0) is 17.9. The Morgan fingerprint density at radius 3 is 2.46 bits per heavy atom. The zero-order valence-electron chi connectivity index (χ0n) is 14.7. The van der Waals surface area contributed by atoms with Crippen LogP contribution in [0.15, 0.2) is 60.2 Å². The molecule has 0 aliphatic carbocycles. The van der Waals surface area contributed by atoms with Gasteiger partial charge in [0.25, 0.3) is 0 Å². The molecule has 4 aromatic rings. The van der Waals surface area contributed by atoms with Crippen LogP contribution in [0.4, 0.5) is 11.5 Å². The summed E-state index contributed by atoms with van der Waals surface area (Å²) in [6, 6.07) is 16.5. The summed E-state index contributed by atoms with van der Waals surface area (Å²) >= 11 is 1.64. The number of thiophene rings is 1. The van der Waals surface area contributed by atoms with Crippen LogP contribution in [-0.2, 0) is 6.42 Å². The van der Waals surface area contributed by atoms with Crippen molar-refractivity contribution in [3.8, 4) is 16.9 Å². The van der Waals surface area contributed by atoms with Gasteiger partial charge in [0.1, 0.15) is 22.7 Å². The molecule has 5 heteroatoms. The second-order valence-corrected chi connectivity index (χ2v) is 6.81. The Bertz CT molecular complexity index is 1020. The molecule has 0 atom stereocenters. The number of methoxy groups -OCH3 is 1. The molecule has 0 spiro atoms. The van der Waals surface area contributed by atoms with E-state index in [1.165, 1.54) is 11.1 Å². The van der Waals surface area contributed by atoms with Crippen molar-refractivity contribution in [1.29, 1.82) is 0 Å². The van der Waals surface area contributed by atoms with Gasteiger partial charge < -0.3 is 10.1 Å². The van der Waals surface area contributed by atoms with Gasteiger partial charge in [-0.3, -0.25) is 0 Å². The van der Waals surface area contributed by atoms with Crippen LogP contribution in [0.1, 0.15) is 12.5 Å². The Morgan fingerprint density at radius 1 is 1.00 bits per heavy atom. The molecule has 0 unspecified atom stereocenters. The Balaban J connectivity index is 1.75. The molecular formula is C21H19N3OS. The molecule has 0 fully saturated rings. The number of anilines is 2. The topological polar surface area (TPSA) is 47.0 Å². The van der Waals surface area contributed by atoms with E-state index >= 15 is 0 Å². The van der Waals surface area contributed by atoms with Gasteiger partial charge in [-0.1, -0.05) is 31.2 Å². The van der Waals surface area contributed by atoms with Gasteiger partial charge in [0, 0.05) is 16.6 Å². The standard InChI is InChI=1S/C21H19N3OS/c1-3-14-4-6-15(7-5-14)18-12-26-21-19(18)20(22-13-23-21)24-16-8-10-17(25-2)11-9-16/h4-13H,3H2,1-2H3,(H,22,23,24). The SMILES string of the molecule is CCc1ccc(-c2csc3ncnc(Nc4ccc(OC)cc4)c23)cc1. The first-order valence-electron chi connectivity index (χ1n) is 8.51. The van der Waals surface area contributed by atoms with Gasteiger partial charge in [-0.15, -0.1) is 11.3 Å². The first kappa shape index (κ1) is 16.5. The maximum absolute atomic E-state index is 5.22. The molecule has 0 aliphatic rings. The van der Waals surface area contributed by atoms with Crippen molar-refractivity contribution < 1.29 is 4.74 Å². The lowest BCUT2D eigenvalue weighted by atomic mass is 10.0. The van der Waals surface area contributed by atoms with Crippen molar-refractivity contribution >= 4 is 33.1 Å². The van der Waals surface area contributed by atoms with Crippen molar-refractivity contribution in [2.24, 2.45) is 0 Å². The molecule has 0 amide bonds. The molecule has 0 bridgehead atoms. The molecule has 0 aliphatic heterocycles. The second-order valence-electron chi connectivity index (χ2n) is 5.96. The minimum Gasteiger partial charge on any atom is -0.497 e. The monoisotopic (exact) mass is 361 g/mol. The summed E-state index contributed by atoms with van der Waals surface area (Å²) in [5.41, 5.74) is 4.63. The van der Waals surface area contributed by atoms with E-state index < -0.39 is 0 Å².